The van der Waals surface area contributed by atoms with Crippen LogP contribution in [0.4, 0.5) is 0 Å². The van der Waals surface area contributed by atoms with Crippen molar-refractivity contribution in [1.82, 2.24) is 25.6 Å². The molecule has 1 fully saturated rings. The summed E-state index contributed by atoms with van der Waals surface area (Å²) in [7, 11) is 0. The van der Waals surface area contributed by atoms with Gasteiger partial charge in [-0.05, 0) is 18.6 Å². The maximum absolute atomic E-state index is 13.4. The van der Waals surface area contributed by atoms with Crippen molar-refractivity contribution in [2.75, 3.05) is 0 Å². The van der Waals surface area contributed by atoms with Gasteiger partial charge in [-0.3, -0.25) is 29.1 Å². The number of nitrogens with two attached hydrogens (primary N) is 1. The van der Waals surface area contributed by atoms with Gasteiger partial charge in [0.05, 0.1) is 23.5 Å². The first kappa shape index (κ1) is 33.8. The molecule has 0 spiro atoms. The number of hydrogen-bond acceptors (Lipinski definition) is 13. The molecule has 1 aliphatic heterocycles. The maximum atomic E-state index is 13.4. The van der Waals surface area contributed by atoms with E-state index in [-0.39, 0.29) is 17.0 Å². The van der Waals surface area contributed by atoms with Gasteiger partial charge in [0.1, 0.15) is 48.4 Å². The van der Waals surface area contributed by atoms with Crippen LogP contribution in [0.15, 0.2) is 34.1 Å². The minimum absolute atomic E-state index is 0.0437. The Bertz CT molecular complexity index is 1480. The van der Waals surface area contributed by atoms with Gasteiger partial charge in [0.25, 0.3) is 5.56 Å². The summed E-state index contributed by atoms with van der Waals surface area (Å²) < 4.78 is 5.60. The van der Waals surface area contributed by atoms with E-state index in [2.05, 4.69) is 20.6 Å². The van der Waals surface area contributed by atoms with Crippen LogP contribution >= 0.6 is 0 Å². The maximum Gasteiger partial charge on any atom is 0.326 e. The summed E-state index contributed by atoms with van der Waals surface area (Å²) in [6, 6.07) is -2.81. The first-order chi connectivity index (χ1) is 20.6. The molecule has 12 N–H and O–H groups in total. The summed E-state index contributed by atoms with van der Waals surface area (Å²) in [6.07, 6.45) is -8.06. The molecule has 1 aliphatic rings. The monoisotopic (exact) mass is 624 g/mol. The minimum atomic E-state index is -1.99. The number of aromatic hydroxyl groups is 1. The van der Waals surface area contributed by atoms with Gasteiger partial charge in [-0.25, -0.2) is 9.59 Å². The Morgan fingerprint density at radius 2 is 1.77 bits per heavy atom. The van der Waals surface area contributed by atoms with Crippen LogP contribution in [0.5, 0.6) is 5.75 Å². The highest BCUT2D eigenvalue weighted by Crippen LogP contribution is 2.33. The summed E-state index contributed by atoms with van der Waals surface area (Å²) in [4.78, 5) is 80.9. The number of aliphatic carboxylic acids is 2. The molecule has 2 aromatic heterocycles. The molecule has 240 valence electrons. The summed E-state index contributed by atoms with van der Waals surface area (Å²) in [5, 5.41) is 64.3. The van der Waals surface area contributed by atoms with E-state index in [1.165, 1.54) is 19.1 Å². The van der Waals surface area contributed by atoms with Crippen LogP contribution in [0.2, 0.25) is 0 Å². The van der Waals surface area contributed by atoms with E-state index in [0.717, 1.165) is 12.4 Å². The van der Waals surface area contributed by atoms with Crippen molar-refractivity contribution in [3.8, 4) is 5.75 Å². The molecule has 0 saturated carbocycles. The topological polar surface area (TPSA) is 328 Å². The fraction of sp³-hybridized carbons (Fsp3) is 0.480. The molecule has 3 rings (SSSR count). The number of amides is 2. The summed E-state index contributed by atoms with van der Waals surface area (Å²) >= 11 is 0. The van der Waals surface area contributed by atoms with Gasteiger partial charge in [0.2, 0.25) is 11.8 Å². The number of aromatic amines is 2. The molecule has 2 amide bonds. The zero-order valence-corrected chi connectivity index (χ0v) is 23.0. The van der Waals surface area contributed by atoms with Crippen molar-refractivity contribution in [1.29, 1.82) is 0 Å². The summed E-state index contributed by atoms with van der Waals surface area (Å²) in [5.74, 6) is -6.64. The number of carboxylic acid groups (broad SMARTS) is 2. The lowest BCUT2D eigenvalue weighted by Crippen LogP contribution is -2.61. The molecule has 5 unspecified atom stereocenters. The van der Waals surface area contributed by atoms with E-state index in [1.807, 2.05) is 4.98 Å². The Morgan fingerprint density at radius 1 is 1.09 bits per heavy atom. The molecule has 1 saturated heterocycles. The number of carbonyl (C=O) groups is 4. The second-order valence-electron chi connectivity index (χ2n) is 10.1. The van der Waals surface area contributed by atoms with E-state index < -0.39 is 102 Å². The smallest absolute Gasteiger partial charge is 0.326 e. The molecule has 3 heterocycles. The number of nitrogens with one attached hydrogen (secondary N) is 4. The van der Waals surface area contributed by atoms with Gasteiger partial charge < -0.3 is 56.7 Å². The highest BCUT2D eigenvalue weighted by atomic mass is 16.5. The number of rotatable bonds is 13. The molecule has 0 aromatic carbocycles. The predicted molar refractivity (Wildman–Crippen MR) is 144 cm³/mol. The molecular formula is C25H32N6O13. The Morgan fingerprint density at radius 3 is 2.34 bits per heavy atom. The van der Waals surface area contributed by atoms with Crippen molar-refractivity contribution in [2.24, 2.45) is 11.7 Å². The average Bonchev–Trinajstić information content (AvgIpc) is 3.25. The van der Waals surface area contributed by atoms with Crippen molar-refractivity contribution in [3.05, 3.63) is 56.6 Å². The number of pyridine rings is 1. The van der Waals surface area contributed by atoms with Crippen molar-refractivity contribution in [2.45, 2.75) is 68.4 Å². The number of aliphatic hydroxyl groups is 3. The van der Waals surface area contributed by atoms with E-state index in [0.29, 0.717) is 0 Å². The van der Waals surface area contributed by atoms with Crippen molar-refractivity contribution in [3.63, 3.8) is 0 Å². The molecule has 0 aliphatic carbocycles. The van der Waals surface area contributed by atoms with E-state index in [4.69, 9.17) is 15.6 Å². The van der Waals surface area contributed by atoms with Crippen LogP contribution in [-0.2, 0) is 23.9 Å². The second-order valence-corrected chi connectivity index (χ2v) is 10.1. The van der Waals surface area contributed by atoms with Gasteiger partial charge in [-0.2, -0.15) is 0 Å². The minimum Gasteiger partial charge on any atom is -0.506 e. The van der Waals surface area contributed by atoms with E-state index in [9.17, 15) is 54.3 Å². The second kappa shape index (κ2) is 14.2. The lowest BCUT2D eigenvalue weighted by molar-refractivity contribution is -0.145. The number of H-pyrrole nitrogens is 2. The van der Waals surface area contributed by atoms with Crippen molar-refractivity contribution < 1.29 is 54.6 Å². The SMILES string of the molecule is CC(C(N)C(=O)NC(C(=O)NC(CCC(=O)O)C(=O)O)[C@H]1O[C@@H](c2c[nH]c(=O)[nH]c2=O)[C@H](O)[C@@H]1O)C(O)c1ccc(O)cn1. The summed E-state index contributed by atoms with van der Waals surface area (Å²) in [5.41, 5.74) is 3.85. The third-order valence-electron chi connectivity index (χ3n) is 7.07. The highest BCUT2D eigenvalue weighted by Gasteiger charge is 2.51. The molecule has 19 nitrogen and oxygen atoms in total. The first-order valence-corrected chi connectivity index (χ1v) is 13.1. The highest BCUT2D eigenvalue weighted by molar-refractivity contribution is 5.92. The average molecular weight is 625 g/mol. The first-order valence-electron chi connectivity index (χ1n) is 13.1. The fourth-order valence-electron chi connectivity index (χ4n) is 4.48. The summed E-state index contributed by atoms with van der Waals surface area (Å²) in [6.45, 7) is 1.37. The largest absolute Gasteiger partial charge is 0.506 e. The third kappa shape index (κ3) is 7.82. The van der Waals surface area contributed by atoms with Gasteiger partial charge in [-0.1, -0.05) is 6.92 Å². The zero-order valence-electron chi connectivity index (χ0n) is 23.0. The molecule has 0 radical (unpaired) electrons. The Labute approximate surface area is 246 Å². The van der Waals surface area contributed by atoms with Crippen LogP contribution in [0, 0.1) is 5.92 Å². The van der Waals surface area contributed by atoms with E-state index >= 15 is 0 Å². The molecule has 0 bridgehead atoms. The number of hydrogen-bond donors (Lipinski definition) is 11. The molecule has 9 atom stereocenters. The predicted octanol–water partition coefficient (Wildman–Crippen LogP) is -4.06. The molecular weight excluding hydrogens is 592 g/mol. The lowest BCUT2D eigenvalue weighted by atomic mass is 9.92. The van der Waals surface area contributed by atoms with Crippen LogP contribution in [0.25, 0.3) is 0 Å². The lowest BCUT2D eigenvalue weighted by Gasteiger charge is -2.30. The Balaban J connectivity index is 1.91. The number of carbonyl (C=O) groups excluding carboxylic acids is 2. The third-order valence-corrected chi connectivity index (χ3v) is 7.07. The Hall–Kier alpha value is -4.69. The van der Waals surface area contributed by atoms with Crippen LogP contribution in [0.3, 0.4) is 0 Å². The number of carboxylic acids is 2. The van der Waals surface area contributed by atoms with Crippen LogP contribution in [0.1, 0.15) is 43.2 Å². The normalized spacial score (nSPS) is 23.1. The number of aliphatic hydroxyl groups excluding tert-OH is 3. The van der Waals surface area contributed by atoms with Gasteiger partial charge in [0, 0.05) is 18.5 Å². The van der Waals surface area contributed by atoms with Gasteiger partial charge >= 0.3 is 17.6 Å². The van der Waals surface area contributed by atoms with E-state index in [1.54, 1.807) is 0 Å². The van der Waals surface area contributed by atoms with Crippen LogP contribution in [-0.4, -0.2) is 106 Å². The molecule has 19 heteroatoms. The number of aromatic nitrogens is 3. The molecule has 2 aromatic rings. The zero-order chi connectivity index (χ0) is 32.9. The van der Waals surface area contributed by atoms with Gasteiger partial charge in [-0.15, -0.1) is 0 Å². The quantitative estimate of drug-likeness (QED) is 0.101. The molecule has 44 heavy (non-hydrogen) atoms. The number of nitrogens with zero attached hydrogens (tertiary/aromatic N) is 1. The van der Waals surface area contributed by atoms with Crippen LogP contribution < -0.4 is 27.6 Å². The fourth-order valence-corrected chi connectivity index (χ4v) is 4.48. The standard InChI is InChI=1S/C25H32N6O13/c1-8(16(35)11-3-2-9(32)6-27-11)14(26)22(39)30-15(23(40)29-12(24(41)42)4-5-13(33)34)20-18(37)17(36)19(44-20)10-7-28-25(43)31-21(10)38/h2-3,6-8,12,14-20,32,35-37H,4-5,26H2,1H3,(H,29,40)(H,30,39)(H,33,34)(H,41,42)(H2,28,31,38,43)/t8?,12?,14?,15?,16?,17-,18+,19+,20-/m1/s1. The number of ether oxygens (including phenoxy) is 1. The van der Waals surface area contributed by atoms with Crippen molar-refractivity contribution >= 4 is 23.8 Å². The van der Waals surface area contributed by atoms with Gasteiger partial charge in [0.15, 0.2) is 0 Å². The Kier molecular flexibility index (Phi) is 10.9.